The Hall–Kier alpha value is -8.13. The van der Waals surface area contributed by atoms with Gasteiger partial charge in [0.15, 0.2) is 39.0 Å². The molecule has 0 aliphatic rings. The van der Waals surface area contributed by atoms with E-state index in [0.29, 0.717) is 84.2 Å². The largest absolute Gasteiger partial charge is 0.505 e. The molecule has 3 atom stereocenters. The molecule has 0 aliphatic carbocycles. The molecule has 0 heterocycles. The number of aryl methyl sites for hydroxylation is 1. The number of anilines is 5. The summed E-state index contributed by atoms with van der Waals surface area (Å²) in [6.07, 6.45) is 0. The van der Waals surface area contributed by atoms with Crippen molar-refractivity contribution in [3.8, 4) is 5.75 Å². The van der Waals surface area contributed by atoms with Gasteiger partial charge in [-0.2, -0.15) is 60.9 Å². The number of phenols is 1. The van der Waals surface area contributed by atoms with E-state index in [9.17, 15) is 45.1 Å². The first-order valence-corrected chi connectivity index (χ1v) is 30.8. The van der Waals surface area contributed by atoms with Crippen LogP contribution in [0.4, 0.5) is 51.2 Å². The second-order valence-corrected chi connectivity index (χ2v) is 23.1. The number of hydrogen-bond acceptors (Lipinski definition) is 25. The van der Waals surface area contributed by atoms with Crippen molar-refractivity contribution < 1.29 is 126 Å². The number of hydrogen-bond donors (Lipinski definition) is 12. The smallest absolute Gasteiger partial charge is 0.337 e. The van der Waals surface area contributed by atoms with Gasteiger partial charge in [0.05, 0.1) is 45.1 Å². The van der Waals surface area contributed by atoms with Crippen molar-refractivity contribution in [3.05, 3.63) is 173 Å². The van der Waals surface area contributed by atoms with Gasteiger partial charge in [-0.1, -0.05) is 67.9 Å². The summed E-state index contributed by atoms with van der Waals surface area (Å²) in [7, 11) is -4.78. The summed E-state index contributed by atoms with van der Waals surface area (Å²) < 4.78 is 81.4. The molecule has 0 fully saturated rings. The Bertz CT molecular complexity index is 4070. The quantitative estimate of drug-likeness (QED) is 0.00667. The fourth-order valence-electron chi connectivity index (χ4n) is 7.38. The Kier molecular flexibility index (Phi) is 30.2. The van der Waals surface area contributed by atoms with Crippen LogP contribution in [0.25, 0.3) is 21.5 Å². The fraction of sp³-hybridized carbons (Fsp3) is 0.161. The number of fused-ring (bicyclic) bond motifs is 2. The van der Waals surface area contributed by atoms with Crippen LogP contribution in [-0.4, -0.2) is 91.7 Å². The number of nitrogen functional groups attached to an aromatic ring is 2. The van der Waals surface area contributed by atoms with Gasteiger partial charge in [0.25, 0.3) is 10.1 Å². The summed E-state index contributed by atoms with van der Waals surface area (Å²) in [5, 5.41) is 73.6. The third kappa shape index (κ3) is 22.1. The van der Waals surface area contributed by atoms with E-state index in [0.717, 1.165) is 0 Å². The van der Waals surface area contributed by atoms with Crippen molar-refractivity contribution >= 4 is 134 Å². The van der Waals surface area contributed by atoms with Crippen LogP contribution in [0, 0.1) is 13.0 Å². The van der Waals surface area contributed by atoms with Gasteiger partial charge >= 0.3 is 17.9 Å². The maximum absolute atomic E-state index is 12.1. The van der Waals surface area contributed by atoms with E-state index in [1.807, 2.05) is 0 Å². The number of aromatic hydroxyl groups is 1. The third-order valence-electron chi connectivity index (χ3n) is 11.6. The number of carbonyl (C=O) groups is 3. The van der Waals surface area contributed by atoms with Crippen LogP contribution >= 0.6 is 0 Å². The normalized spacial score (nSPS) is 12.0. The molecule has 90 heavy (non-hydrogen) atoms. The number of azo groups is 2. The van der Waals surface area contributed by atoms with E-state index in [4.69, 9.17) is 50.2 Å². The molecule has 0 spiro atoms. The zero-order valence-corrected chi connectivity index (χ0v) is 53.9. The second-order valence-electron chi connectivity index (χ2n) is 17.7. The molecule has 0 aliphatic heterocycles. The molecule has 8 aromatic rings. The molecule has 0 saturated heterocycles. The molecular formula is C56H58N9O20S4Y-. The topological polar surface area (TPSA) is 462 Å². The third-order valence-corrected chi connectivity index (χ3v) is 14.7. The van der Waals surface area contributed by atoms with Crippen molar-refractivity contribution in [2.24, 2.45) is 20.5 Å². The molecule has 34 heteroatoms. The number of carboxylic acid groups (broad SMARTS) is 3. The van der Waals surface area contributed by atoms with Crippen molar-refractivity contribution in [2.75, 3.05) is 45.2 Å². The molecule has 1 radical (unpaired) electrons. The van der Waals surface area contributed by atoms with Crippen LogP contribution < -0.4 is 27.9 Å². The Morgan fingerprint density at radius 2 is 1.11 bits per heavy atom. The predicted molar refractivity (Wildman–Crippen MR) is 332 cm³/mol. The predicted octanol–water partition coefficient (Wildman–Crippen LogP) is 11.3. The Morgan fingerprint density at radius 1 is 0.589 bits per heavy atom. The number of aromatic carboxylic acids is 3. The van der Waals surface area contributed by atoms with Gasteiger partial charge in [0.2, 0.25) is 0 Å². The van der Waals surface area contributed by atoms with Crippen LogP contribution in [0.2, 0.25) is 0 Å². The zero-order valence-electron chi connectivity index (χ0n) is 47.8. The maximum atomic E-state index is 12.1. The average molecular weight is 1390 g/mol. The fourth-order valence-corrected chi connectivity index (χ4v) is 8.93. The van der Waals surface area contributed by atoms with Crippen LogP contribution in [0.1, 0.15) is 68.5 Å². The van der Waals surface area contributed by atoms with Crippen LogP contribution in [0.3, 0.4) is 0 Å². The van der Waals surface area contributed by atoms with Gasteiger partial charge in [-0.15, -0.1) is 5.11 Å². The number of benzene rings is 8. The maximum Gasteiger partial charge on any atom is 0.337 e. The van der Waals surface area contributed by atoms with Gasteiger partial charge in [-0.25, -0.2) is 36.8 Å². The summed E-state index contributed by atoms with van der Waals surface area (Å²) in [6.45, 7) is 6.59. The number of nitrogens with two attached hydrogens (primary N) is 2. The minimum absolute atomic E-state index is 0. The molecule has 0 aromatic heterocycles. The number of carboxylic acids is 3. The van der Waals surface area contributed by atoms with Gasteiger partial charge in [-0.05, 0) is 108 Å². The van der Waals surface area contributed by atoms with E-state index in [1.54, 1.807) is 100 Å². The molecule has 3 unspecified atom stereocenters. The van der Waals surface area contributed by atoms with E-state index in [1.165, 1.54) is 60.7 Å². The monoisotopic (exact) mass is 1390 g/mol. The second kappa shape index (κ2) is 36.5. The first-order chi connectivity index (χ1) is 42.4. The van der Waals surface area contributed by atoms with Crippen molar-refractivity contribution in [3.63, 3.8) is 0 Å². The molecule has 0 bridgehead atoms. The number of nitrogens with zero attached hydrogens (tertiary/aromatic N) is 4. The Labute approximate surface area is 546 Å². The van der Waals surface area contributed by atoms with Crippen LogP contribution in [0.15, 0.2) is 159 Å². The molecule has 8 rings (SSSR count). The standard InChI is InChI=1S/C28H22N5O8S.C10H13NO4S.C9H12N2O4S.C9H11NO4S.Y/c29-19-6-5-18-12-26(42(37,38)39)27(28(34)23(18)13-19)33-32-25-8-7-24(21-3-1-2-4-22(21)25)31-30-20-10-16(14-40-35)9-17(11-20)15-41-36;1-3-16(14)15-11-9-7(2)5-4-6-8(9)10(12)13;1-2-16(14)15-11-8-5-6(10)3-4-7(8)9(12)13;1-2-15(13)14-10-8-6-4-3-5-7(8)9(11)12;/h1,3-13,34-36H,14-15,29H2,(H,37,38,39);4-6,11H,3H2,1-2H3,(H,12,13);3-5,11H,2,10H2,1H3,(H,12,13);3-6,10H,2H2,1H3,(H,11,12);/q-1;;;;. The molecule has 14 N–H and O–H groups in total. The number of nitrogens with one attached hydrogen (secondary N) is 3. The van der Waals surface area contributed by atoms with Crippen LogP contribution in [-0.2, 0) is 112 Å². The summed E-state index contributed by atoms with van der Waals surface area (Å²) >= 11 is -4.41. The Morgan fingerprint density at radius 3 is 1.69 bits per heavy atom. The number of phenolic OH excluding ortho intramolecular Hbond substituents is 1. The minimum atomic E-state index is -4.78. The van der Waals surface area contributed by atoms with Crippen molar-refractivity contribution in [1.29, 1.82) is 0 Å². The number of para-hydroxylation sites is 2. The van der Waals surface area contributed by atoms with E-state index >= 15 is 0 Å². The van der Waals surface area contributed by atoms with Crippen LogP contribution in [0.5, 0.6) is 5.75 Å². The average Bonchev–Trinajstić information content (AvgIpc) is 1.07. The van der Waals surface area contributed by atoms with E-state index in [-0.39, 0.29) is 79.4 Å². The molecule has 0 amide bonds. The van der Waals surface area contributed by atoms with Crippen molar-refractivity contribution in [2.45, 2.75) is 45.8 Å². The molecule has 29 nitrogen and oxygen atoms in total. The zero-order chi connectivity index (χ0) is 65.4. The van der Waals surface area contributed by atoms with E-state index in [2.05, 4.69) is 52.7 Å². The van der Waals surface area contributed by atoms with Crippen molar-refractivity contribution in [1.82, 2.24) is 0 Å². The molecule has 8 aromatic carbocycles. The molecule has 0 saturated carbocycles. The summed E-state index contributed by atoms with van der Waals surface area (Å²) in [4.78, 5) is 40.3. The summed E-state index contributed by atoms with van der Waals surface area (Å²) in [5.74, 6) is -2.78. The summed E-state index contributed by atoms with van der Waals surface area (Å²) in [5.41, 5.74) is 22.7. The first-order valence-electron chi connectivity index (χ1n) is 25.6. The molecule has 475 valence electrons. The molecular weight excluding hydrogens is 1340 g/mol. The SMILES string of the molecule is CCS(=O)ONc1c(C)cccc1C(=O)O.CCS(=O)ONc1cc(N)ccc1C(=O)O.CCS(=O)ONc1ccccc1C(=O)O.Nc1ccc2cc(S(=O)(=O)O)c(N=Nc3ccc(N=Nc4cc(COO)cc(COO)c4)c4cc[c-]cc34)c(O)c2c1.[Y]. The van der Waals surface area contributed by atoms with Gasteiger partial charge in [0, 0.05) is 72.4 Å². The van der Waals surface area contributed by atoms with Gasteiger partial charge in [0.1, 0.15) is 23.8 Å². The van der Waals surface area contributed by atoms with Gasteiger partial charge < -0.3 is 31.9 Å². The Balaban J connectivity index is 0.000000296. The minimum Gasteiger partial charge on any atom is -0.505 e. The number of rotatable bonds is 24. The first kappa shape index (κ1) is 74.3. The van der Waals surface area contributed by atoms with E-state index < -0.39 is 77.6 Å². The van der Waals surface area contributed by atoms with Gasteiger partial charge in [-0.3, -0.25) is 31.5 Å². The summed E-state index contributed by atoms with van der Waals surface area (Å²) in [6, 6.07) is 37.0.